The molecule has 2 aromatic heterocycles. The third kappa shape index (κ3) is 10.9. The number of rotatable bonds is 10. The van der Waals surface area contributed by atoms with Crippen molar-refractivity contribution < 1.29 is 9.47 Å². The van der Waals surface area contributed by atoms with Gasteiger partial charge in [0.2, 0.25) is 11.9 Å². The fourth-order valence-electron chi connectivity index (χ4n) is 5.63. The van der Waals surface area contributed by atoms with Crippen molar-refractivity contribution in [2.75, 3.05) is 50.0 Å². The minimum absolute atomic E-state index is 0.422. The molecule has 10 nitrogen and oxygen atoms in total. The molecule has 3 N–H and O–H groups in total. The van der Waals surface area contributed by atoms with Crippen LogP contribution in [0.25, 0.3) is 0 Å². The molecule has 0 saturated carbocycles. The highest BCUT2D eigenvalue weighted by molar-refractivity contribution is 5.38. The Balaban J connectivity index is 0.000000237. The number of nitrogens with one attached hydrogen (secondary N) is 3. The van der Waals surface area contributed by atoms with E-state index in [0.29, 0.717) is 25.3 Å². The molecule has 234 valence electrons. The second-order valence-electron chi connectivity index (χ2n) is 11.5. The van der Waals surface area contributed by atoms with E-state index in [1.54, 1.807) is 0 Å². The van der Waals surface area contributed by atoms with Crippen LogP contribution in [0.15, 0.2) is 30.3 Å². The Bertz CT molecular complexity index is 1230. The average molecular weight is 591 g/mol. The van der Waals surface area contributed by atoms with E-state index >= 15 is 0 Å². The van der Waals surface area contributed by atoms with E-state index in [1.807, 2.05) is 59.7 Å². The van der Waals surface area contributed by atoms with E-state index in [-0.39, 0.29) is 0 Å². The van der Waals surface area contributed by atoms with Gasteiger partial charge >= 0.3 is 0 Å². The lowest BCUT2D eigenvalue weighted by molar-refractivity contribution is 0.210. The molecule has 43 heavy (non-hydrogen) atoms. The molecule has 2 fully saturated rings. The van der Waals surface area contributed by atoms with Crippen LogP contribution in [0.2, 0.25) is 0 Å². The normalized spacial score (nSPS) is 16.2. The number of benzene rings is 1. The molecule has 0 aliphatic carbocycles. The van der Waals surface area contributed by atoms with Gasteiger partial charge in [-0.15, -0.1) is 0 Å². The van der Waals surface area contributed by atoms with Gasteiger partial charge in [-0.05, 0) is 110 Å². The maximum Gasteiger partial charge on any atom is 0.223 e. The van der Waals surface area contributed by atoms with Gasteiger partial charge in [0.15, 0.2) is 0 Å². The molecular formula is C33H50N8O2. The third-order valence-electron chi connectivity index (χ3n) is 7.53. The zero-order valence-electron chi connectivity index (χ0n) is 26.9. The first-order chi connectivity index (χ1) is 20.8. The van der Waals surface area contributed by atoms with Gasteiger partial charge in [-0.1, -0.05) is 0 Å². The van der Waals surface area contributed by atoms with Gasteiger partial charge in [0.1, 0.15) is 11.5 Å². The lowest BCUT2D eigenvalue weighted by atomic mass is 10.0. The number of nitrogens with zero attached hydrogens (tertiary/aromatic N) is 5. The van der Waals surface area contributed by atoms with E-state index in [9.17, 15) is 0 Å². The Morgan fingerprint density at radius 3 is 1.56 bits per heavy atom. The fourth-order valence-corrected chi connectivity index (χ4v) is 5.63. The summed E-state index contributed by atoms with van der Waals surface area (Å²) in [5.74, 6) is 3.29. The van der Waals surface area contributed by atoms with E-state index in [4.69, 9.17) is 9.47 Å². The minimum Gasteiger partial charge on any atom is -0.494 e. The largest absolute Gasteiger partial charge is 0.494 e. The van der Waals surface area contributed by atoms with Gasteiger partial charge in [0.05, 0.1) is 13.2 Å². The number of hydrogen-bond donors (Lipinski definition) is 3. The van der Waals surface area contributed by atoms with Crippen LogP contribution >= 0.6 is 0 Å². The summed E-state index contributed by atoms with van der Waals surface area (Å²) in [5, 5.41) is 10.3. The quantitative estimate of drug-likeness (QED) is 0.291. The summed E-state index contributed by atoms with van der Waals surface area (Å²) in [4.78, 5) is 20.3. The molecule has 5 rings (SSSR count). The lowest BCUT2D eigenvalue weighted by Gasteiger charge is -2.32. The molecule has 1 aromatic carbocycles. The van der Waals surface area contributed by atoms with Crippen LogP contribution < -0.4 is 25.4 Å². The van der Waals surface area contributed by atoms with Crippen molar-refractivity contribution in [2.45, 2.75) is 85.9 Å². The highest BCUT2D eigenvalue weighted by Crippen LogP contribution is 2.25. The Hall–Kier alpha value is -3.50. The van der Waals surface area contributed by atoms with Crippen molar-refractivity contribution in [1.82, 2.24) is 30.2 Å². The average Bonchev–Trinajstić information content (AvgIpc) is 2.94. The van der Waals surface area contributed by atoms with E-state index in [1.165, 1.54) is 5.56 Å². The monoisotopic (exact) mass is 590 g/mol. The van der Waals surface area contributed by atoms with Crippen LogP contribution in [0, 0.1) is 27.7 Å². The van der Waals surface area contributed by atoms with Gasteiger partial charge in [0.25, 0.3) is 0 Å². The standard InChI is InChI=1S/C22H32N4O2.C11H18N4/c1-5-27-20-12-18(13-21(14-20)28-6-2)15-26-9-7-19(8-10-26)25-22-23-16(3)11-17(4)24-22;1-8-7-9(2)14-11(13-8)15-10-3-5-12-6-4-10/h11-14,19H,5-10,15H2,1-4H3,(H,23,24,25);7,10,12H,3-6H2,1-2H3,(H,13,14,15). The topological polar surface area (TPSA) is 109 Å². The number of piperidine rings is 2. The van der Waals surface area contributed by atoms with Crippen LogP contribution in [0.4, 0.5) is 11.9 Å². The fraction of sp³-hybridized carbons (Fsp3) is 0.576. The second-order valence-corrected chi connectivity index (χ2v) is 11.5. The van der Waals surface area contributed by atoms with Crippen molar-refractivity contribution >= 4 is 11.9 Å². The van der Waals surface area contributed by atoms with Crippen molar-refractivity contribution in [3.05, 3.63) is 58.7 Å². The lowest BCUT2D eigenvalue weighted by Crippen LogP contribution is -2.39. The van der Waals surface area contributed by atoms with Gasteiger partial charge in [-0.2, -0.15) is 0 Å². The first kappa shape index (κ1) is 32.4. The van der Waals surface area contributed by atoms with Gasteiger partial charge < -0.3 is 25.4 Å². The van der Waals surface area contributed by atoms with Crippen molar-refractivity contribution in [3.8, 4) is 11.5 Å². The molecule has 0 unspecified atom stereocenters. The number of likely N-dealkylation sites (tertiary alicyclic amines) is 1. The maximum absolute atomic E-state index is 5.70. The summed E-state index contributed by atoms with van der Waals surface area (Å²) in [6.07, 6.45) is 4.46. The number of aryl methyl sites for hydroxylation is 4. The summed E-state index contributed by atoms with van der Waals surface area (Å²) in [6.45, 7) is 18.5. The van der Waals surface area contributed by atoms with E-state index in [0.717, 1.165) is 105 Å². The van der Waals surface area contributed by atoms with E-state index < -0.39 is 0 Å². The molecule has 10 heteroatoms. The maximum atomic E-state index is 5.70. The molecule has 2 aliphatic heterocycles. The Kier molecular flexibility index (Phi) is 12.3. The SMILES string of the molecule is CCOc1cc(CN2CCC(Nc3nc(C)cc(C)n3)CC2)cc(OCC)c1.Cc1cc(C)nc(NC2CCNCC2)n1. The predicted octanol–water partition coefficient (Wildman–Crippen LogP) is 5.22. The Morgan fingerprint density at radius 1 is 0.674 bits per heavy atom. The van der Waals surface area contributed by atoms with Crippen LogP contribution in [0.3, 0.4) is 0 Å². The summed E-state index contributed by atoms with van der Waals surface area (Å²) < 4.78 is 11.4. The van der Waals surface area contributed by atoms with Gasteiger partial charge in [-0.25, -0.2) is 19.9 Å². The Labute approximate surface area is 257 Å². The molecule has 0 spiro atoms. The zero-order valence-corrected chi connectivity index (χ0v) is 26.9. The van der Waals surface area contributed by atoms with Crippen molar-refractivity contribution in [1.29, 1.82) is 0 Å². The second kappa shape index (κ2) is 16.4. The summed E-state index contributed by atoms with van der Waals surface area (Å²) in [7, 11) is 0. The van der Waals surface area contributed by atoms with Crippen molar-refractivity contribution in [3.63, 3.8) is 0 Å². The van der Waals surface area contributed by atoms with Crippen LogP contribution in [0.1, 0.15) is 67.9 Å². The first-order valence-electron chi connectivity index (χ1n) is 15.8. The zero-order chi connectivity index (χ0) is 30.6. The molecule has 0 amide bonds. The molecule has 2 aliphatic rings. The molecule has 4 heterocycles. The molecule has 3 aromatic rings. The third-order valence-corrected chi connectivity index (χ3v) is 7.53. The summed E-state index contributed by atoms with van der Waals surface area (Å²) in [6, 6.07) is 11.2. The number of anilines is 2. The Morgan fingerprint density at radius 2 is 1.12 bits per heavy atom. The van der Waals surface area contributed by atoms with Gasteiger partial charge in [0, 0.05) is 60.6 Å². The highest BCUT2D eigenvalue weighted by atomic mass is 16.5. The molecule has 0 radical (unpaired) electrons. The van der Waals surface area contributed by atoms with E-state index in [2.05, 4.69) is 52.9 Å². The molecular weight excluding hydrogens is 540 g/mol. The number of hydrogen-bond acceptors (Lipinski definition) is 10. The first-order valence-corrected chi connectivity index (χ1v) is 15.8. The minimum atomic E-state index is 0.422. The summed E-state index contributed by atoms with van der Waals surface area (Å²) in [5.41, 5.74) is 5.30. The number of ether oxygens (including phenoxy) is 2. The smallest absolute Gasteiger partial charge is 0.223 e. The van der Waals surface area contributed by atoms with Crippen LogP contribution in [0.5, 0.6) is 11.5 Å². The predicted molar refractivity (Wildman–Crippen MR) is 173 cm³/mol. The highest BCUT2D eigenvalue weighted by Gasteiger charge is 2.20. The van der Waals surface area contributed by atoms with Crippen molar-refractivity contribution in [2.24, 2.45) is 0 Å². The summed E-state index contributed by atoms with van der Waals surface area (Å²) >= 11 is 0. The molecule has 0 bridgehead atoms. The van der Waals surface area contributed by atoms with Crippen LogP contribution in [-0.4, -0.2) is 76.3 Å². The molecule has 0 atom stereocenters. The van der Waals surface area contributed by atoms with Gasteiger partial charge in [-0.3, -0.25) is 4.90 Å². The van der Waals surface area contributed by atoms with Crippen LogP contribution in [-0.2, 0) is 6.54 Å². The number of aromatic nitrogens is 4. The molecule has 2 saturated heterocycles.